The Morgan fingerprint density at radius 2 is 1.51 bits per heavy atom. The van der Waals surface area contributed by atoms with E-state index >= 15 is 0 Å². The Morgan fingerprint density at radius 3 is 2.11 bits per heavy atom. The normalized spacial score (nSPS) is 15.8. The van der Waals surface area contributed by atoms with Crippen molar-refractivity contribution in [2.45, 2.75) is 52.1 Å². The molecule has 0 bridgehead atoms. The van der Waals surface area contributed by atoms with E-state index < -0.39 is 17.5 Å². The Bertz CT molecular complexity index is 1350. The molecule has 0 spiro atoms. The molecule has 5 rings (SSSR count). The number of aryl methyl sites for hydroxylation is 1. The number of aromatic nitrogens is 1. The van der Waals surface area contributed by atoms with Crippen LogP contribution in [0.15, 0.2) is 83.4 Å². The molecule has 1 aliphatic carbocycles. The number of hydrogen-bond acceptors (Lipinski definition) is 4. The van der Waals surface area contributed by atoms with Crippen molar-refractivity contribution in [3.05, 3.63) is 101 Å². The molecule has 4 aromatic rings. The minimum atomic E-state index is -0.690. The summed E-state index contributed by atoms with van der Waals surface area (Å²) < 4.78 is 5.68. The average molecular weight is 496 g/mol. The van der Waals surface area contributed by atoms with Crippen LogP contribution in [0.3, 0.4) is 0 Å². The number of aliphatic hydroxyl groups excluding tert-OH is 1. The molecule has 5 nitrogen and oxygen atoms in total. The lowest BCUT2D eigenvalue weighted by Crippen LogP contribution is -2.17. The van der Waals surface area contributed by atoms with E-state index in [1.807, 2.05) is 73.7 Å². The van der Waals surface area contributed by atoms with Crippen LogP contribution in [0.2, 0.25) is 0 Å². The number of aliphatic hydroxyl groups is 1. The van der Waals surface area contributed by atoms with Crippen LogP contribution in [0.5, 0.6) is 0 Å². The molecule has 3 aromatic carbocycles. The lowest BCUT2D eigenvalue weighted by molar-refractivity contribution is -0.143. The Labute approximate surface area is 217 Å². The van der Waals surface area contributed by atoms with Crippen molar-refractivity contribution < 1.29 is 19.5 Å². The fourth-order valence-corrected chi connectivity index (χ4v) is 5.21. The van der Waals surface area contributed by atoms with E-state index in [1.54, 1.807) is 0 Å². The largest absolute Gasteiger partial charge is 0.481 e. The highest BCUT2D eigenvalue weighted by atomic mass is 16.5. The second-order valence-corrected chi connectivity index (χ2v) is 10.6. The van der Waals surface area contributed by atoms with Gasteiger partial charge in [-0.1, -0.05) is 90.9 Å². The van der Waals surface area contributed by atoms with Crippen LogP contribution in [0.1, 0.15) is 54.7 Å². The number of carbonyl (C=O) groups is 1. The van der Waals surface area contributed by atoms with Gasteiger partial charge in [0.2, 0.25) is 0 Å². The summed E-state index contributed by atoms with van der Waals surface area (Å²) in [5, 5.41) is 24.7. The lowest BCUT2D eigenvalue weighted by atomic mass is 9.91. The molecule has 1 aliphatic rings. The lowest BCUT2D eigenvalue weighted by Gasteiger charge is -2.17. The van der Waals surface area contributed by atoms with Gasteiger partial charge in [0.05, 0.1) is 22.8 Å². The molecule has 2 N–H and O–H groups in total. The number of rotatable bonds is 10. The maximum absolute atomic E-state index is 11.5. The van der Waals surface area contributed by atoms with Crippen molar-refractivity contribution in [2.24, 2.45) is 11.3 Å². The van der Waals surface area contributed by atoms with E-state index in [2.05, 4.69) is 24.2 Å². The van der Waals surface area contributed by atoms with E-state index in [1.165, 1.54) is 5.56 Å². The predicted octanol–water partition coefficient (Wildman–Crippen LogP) is 7.03. The minimum Gasteiger partial charge on any atom is -0.481 e. The van der Waals surface area contributed by atoms with Crippen molar-refractivity contribution in [1.82, 2.24) is 5.16 Å². The predicted molar refractivity (Wildman–Crippen MR) is 144 cm³/mol. The number of nitrogens with zero attached hydrogens (tertiary/aromatic N) is 1. The smallest absolute Gasteiger partial charge is 0.309 e. The fourth-order valence-electron chi connectivity index (χ4n) is 5.21. The van der Waals surface area contributed by atoms with Crippen molar-refractivity contribution >= 4 is 5.97 Å². The SMILES string of the molecule is Cc1noc(-c2ccc(-c3ccc(CC4(C(=O)O)CC4)cc3)cc2)c1C(O)C[C@H](C)Cc1ccccc1. The first-order valence-electron chi connectivity index (χ1n) is 13.0. The fraction of sp³-hybridized carbons (Fsp3) is 0.312. The van der Waals surface area contributed by atoms with Crippen LogP contribution < -0.4 is 0 Å². The summed E-state index contributed by atoms with van der Waals surface area (Å²) in [6, 6.07) is 26.5. The topological polar surface area (TPSA) is 83.6 Å². The van der Waals surface area contributed by atoms with Gasteiger partial charge < -0.3 is 14.7 Å². The number of aliphatic carboxylic acids is 1. The van der Waals surface area contributed by atoms with Gasteiger partial charge >= 0.3 is 5.97 Å². The highest BCUT2D eigenvalue weighted by Gasteiger charge is 2.49. The van der Waals surface area contributed by atoms with Gasteiger partial charge in [-0.15, -0.1) is 0 Å². The Hall–Kier alpha value is -3.70. The van der Waals surface area contributed by atoms with Gasteiger partial charge in [-0.3, -0.25) is 4.79 Å². The Balaban J connectivity index is 1.28. The van der Waals surface area contributed by atoms with Crippen molar-refractivity contribution in [2.75, 3.05) is 0 Å². The standard InChI is InChI=1S/C32H33NO4/c1-21(18-23-6-4-3-5-7-23)19-28(34)29-22(2)33-37-30(29)27-14-12-26(13-15-27)25-10-8-24(9-11-25)20-32(16-17-32)31(35)36/h3-15,21,28,34H,16-20H2,1-2H3,(H,35,36)/t21-,28?/m1/s1. The van der Waals surface area contributed by atoms with E-state index in [9.17, 15) is 15.0 Å². The molecule has 1 aromatic heterocycles. The zero-order valence-electron chi connectivity index (χ0n) is 21.4. The van der Waals surface area contributed by atoms with Crippen LogP contribution in [-0.2, 0) is 17.6 Å². The van der Waals surface area contributed by atoms with Crippen molar-refractivity contribution in [3.8, 4) is 22.5 Å². The molecule has 1 saturated carbocycles. The molecule has 1 fully saturated rings. The number of carboxylic acid groups (broad SMARTS) is 1. The van der Waals surface area contributed by atoms with Gasteiger partial charge in [-0.05, 0) is 67.2 Å². The van der Waals surface area contributed by atoms with Gasteiger partial charge in [0.15, 0.2) is 5.76 Å². The molecule has 5 heteroatoms. The third-order valence-corrected chi connectivity index (χ3v) is 7.58. The maximum Gasteiger partial charge on any atom is 0.309 e. The minimum absolute atomic E-state index is 0.301. The third kappa shape index (κ3) is 5.52. The van der Waals surface area contributed by atoms with E-state index in [0.717, 1.165) is 47.1 Å². The van der Waals surface area contributed by atoms with E-state index in [-0.39, 0.29) is 0 Å². The molecule has 190 valence electrons. The zero-order valence-corrected chi connectivity index (χ0v) is 21.4. The van der Waals surface area contributed by atoms with Crippen molar-refractivity contribution in [1.29, 1.82) is 0 Å². The maximum atomic E-state index is 11.5. The molecule has 37 heavy (non-hydrogen) atoms. The third-order valence-electron chi connectivity index (χ3n) is 7.58. The summed E-state index contributed by atoms with van der Waals surface area (Å²) >= 11 is 0. The number of hydrogen-bond donors (Lipinski definition) is 2. The molecule has 0 aliphatic heterocycles. The second-order valence-electron chi connectivity index (χ2n) is 10.6. The number of carboxylic acids is 1. The van der Waals surface area contributed by atoms with Crippen LogP contribution in [-0.4, -0.2) is 21.3 Å². The zero-order chi connectivity index (χ0) is 26.0. The molecule has 1 heterocycles. The van der Waals surface area contributed by atoms with E-state index in [4.69, 9.17) is 4.52 Å². The molecular formula is C32H33NO4. The first kappa shape index (κ1) is 25.0. The highest BCUT2D eigenvalue weighted by Crippen LogP contribution is 2.48. The summed E-state index contributed by atoms with van der Waals surface area (Å²) in [5.41, 5.74) is 6.24. The van der Waals surface area contributed by atoms with Gasteiger partial charge in [0, 0.05) is 5.56 Å². The monoisotopic (exact) mass is 495 g/mol. The summed E-state index contributed by atoms with van der Waals surface area (Å²) in [7, 11) is 0. The van der Waals surface area contributed by atoms with Crippen molar-refractivity contribution in [3.63, 3.8) is 0 Å². The highest BCUT2D eigenvalue weighted by molar-refractivity contribution is 5.78. The summed E-state index contributed by atoms with van der Waals surface area (Å²) in [4.78, 5) is 11.5. The van der Waals surface area contributed by atoms with Crippen LogP contribution in [0.4, 0.5) is 0 Å². The Morgan fingerprint density at radius 1 is 0.919 bits per heavy atom. The first-order valence-corrected chi connectivity index (χ1v) is 13.0. The summed E-state index contributed by atoms with van der Waals surface area (Å²) in [6.07, 6.45) is 2.97. The summed E-state index contributed by atoms with van der Waals surface area (Å²) in [5.74, 6) is 0.224. The van der Waals surface area contributed by atoms with Crippen LogP contribution >= 0.6 is 0 Å². The molecule has 1 unspecified atom stereocenters. The first-order chi connectivity index (χ1) is 17.8. The van der Waals surface area contributed by atoms with Gasteiger partial charge in [-0.2, -0.15) is 0 Å². The molecule has 0 amide bonds. The van der Waals surface area contributed by atoms with Gasteiger partial charge in [0.1, 0.15) is 0 Å². The second kappa shape index (κ2) is 10.3. The van der Waals surface area contributed by atoms with Gasteiger partial charge in [-0.25, -0.2) is 0 Å². The number of benzene rings is 3. The Kier molecular flexibility index (Phi) is 6.98. The van der Waals surface area contributed by atoms with E-state index in [0.29, 0.717) is 30.2 Å². The van der Waals surface area contributed by atoms with Gasteiger partial charge in [0.25, 0.3) is 0 Å². The van der Waals surface area contributed by atoms with Crippen LogP contribution in [0, 0.1) is 18.3 Å². The summed E-state index contributed by atoms with van der Waals surface area (Å²) in [6.45, 7) is 4.03. The molecule has 0 radical (unpaired) electrons. The van der Waals surface area contributed by atoms with Crippen LogP contribution in [0.25, 0.3) is 22.5 Å². The molecule has 0 saturated heterocycles. The quantitative estimate of drug-likeness (QED) is 0.247. The molecular weight excluding hydrogens is 462 g/mol. The molecule has 2 atom stereocenters. The average Bonchev–Trinajstić information content (AvgIpc) is 3.58.